The van der Waals surface area contributed by atoms with Crippen LogP contribution in [-0.2, 0) is 0 Å². The molecule has 0 atom stereocenters. The zero-order valence-corrected chi connectivity index (χ0v) is 7.57. The summed E-state index contributed by atoms with van der Waals surface area (Å²) in [6.45, 7) is 7.87. The van der Waals surface area contributed by atoms with Crippen molar-refractivity contribution in [1.29, 1.82) is 0 Å². The second-order valence-electron chi connectivity index (χ2n) is 2.71. The van der Waals surface area contributed by atoms with Gasteiger partial charge in [0.2, 0.25) is 0 Å². The first-order valence-corrected chi connectivity index (χ1v) is 3.91. The molecule has 0 aliphatic carbocycles. The van der Waals surface area contributed by atoms with E-state index in [0.29, 0.717) is 0 Å². The minimum absolute atomic E-state index is 0.789. The number of rotatable bonds is 1. The third kappa shape index (κ3) is 1.63. The smallest absolute Gasteiger partial charge is 0.0483 e. The highest BCUT2D eigenvalue weighted by molar-refractivity contribution is 6.32. The molecule has 0 heterocycles. The maximum absolute atomic E-state index is 5.96. The fraction of sp³-hybridized carbons (Fsp3) is 0.200. The molecule has 0 saturated heterocycles. The Morgan fingerprint density at radius 2 is 2.09 bits per heavy atom. The minimum atomic E-state index is 0.789. The Labute approximate surface area is 72.5 Å². The van der Waals surface area contributed by atoms with Crippen LogP contribution in [0.5, 0.6) is 0 Å². The quantitative estimate of drug-likeness (QED) is 0.597. The molecule has 0 radical (unpaired) electrons. The molecule has 0 bridgehead atoms. The molecule has 1 aromatic rings. The van der Waals surface area contributed by atoms with Crippen molar-refractivity contribution in [2.24, 2.45) is 0 Å². The van der Waals surface area contributed by atoms with E-state index < -0.39 is 0 Å². The highest BCUT2D eigenvalue weighted by Crippen LogP contribution is 2.25. The molecule has 0 aliphatic heterocycles. The maximum Gasteiger partial charge on any atom is 0.0483 e. The molecule has 0 aliphatic rings. The molecule has 0 saturated carbocycles. The standard InChI is InChI=1S/C10H11Cl/c1-7(2)10-8(3)5-4-6-9(10)11/h4-6H,1H2,2-3H3. The lowest BCUT2D eigenvalue weighted by molar-refractivity contribution is 1.41. The lowest BCUT2D eigenvalue weighted by atomic mass is 10.0. The lowest BCUT2D eigenvalue weighted by Gasteiger charge is -2.06. The van der Waals surface area contributed by atoms with E-state index >= 15 is 0 Å². The fourth-order valence-electron chi connectivity index (χ4n) is 1.17. The summed E-state index contributed by atoms with van der Waals surface area (Å²) in [6.07, 6.45) is 0. The zero-order valence-electron chi connectivity index (χ0n) is 6.82. The molecular formula is C10H11Cl. The van der Waals surface area contributed by atoms with Gasteiger partial charge < -0.3 is 0 Å². The topological polar surface area (TPSA) is 0 Å². The van der Waals surface area contributed by atoms with Crippen LogP contribution in [0.2, 0.25) is 5.02 Å². The van der Waals surface area contributed by atoms with Gasteiger partial charge in [0.1, 0.15) is 0 Å². The molecule has 11 heavy (non-hydrogen) atoms. The highest BCUT2D eigenvalue weighted by atomic mass is 35.5. The van der Waals surface area contributed by atoms with Gasteiger partial charge in [-0.15, -0.1) is 0 Å². The molecule has 58 valence electrons. The van der Waals surface area contributed by atoms with Crippen molar-refractivity contribution in [3.63, 3.8) is 0 Å². The number of hydrogen-bond acceptors (Lipinski definition) is 0. The number of benzene rings is 1. The van der Waals surface area contributed by atoms with Crippen LogP contribution in [-0.4, -0.2) is 0 Å². The van der Waals surface area contributed by atoms with Crippen molar-refractivity contribution in [1.82, 2.24) is 0 Å². The van der Waals surface area contributed by atoms with Gasteiger partial charge in [0, 0.05) is 5.02 Å². The Hall–Kier alpha value is -0.750. The van der Waals surface area contributed by atoms with E-state index in [4.69, 9.17) is 11.6 Å². The van der Waals surface area contributed by atoms with Gasteiger partial charge in [0.05, 0.1) is 0 Å². The summed E-state index contributed by atoms with van der Waals surface area (Å²) in [5, 5.41) is 0.789. The molecule has 1 heteroatoms. The van der Waals surface area contributed by atoms with E-state index in [1.54, 1.807) is 0 Å². The van der Waals surface area contributed by atoms with Crippen molar-refractivity contribution < 1.29 is 0 Å². The van der Waals surface area contributed by atoms with Gasteiger partial charge in [0.25, 0.3) is 0 Å². The van der Waals surface area contributed by atoms with Gasteiger partial charge in [-0.3, -0.25) is 0 Å². The average Bonchev–Trinajstić information content (AvgIpc) is 1.85. The summed E-state index contributed by atoms with van der Waals surface area (Å²) in [7, 11) is 0. The van der Waals surface area contributed by atoms with E-state index in [1.165, 1.54) is 5.56 Å². The second-order valence-corrected chi connectivity index (χ2v) is 3.12. The molecule has 0 nitrogen and oxygen atoms in total. The molecule has 0 spiro atoms. The van der Waals surface area contributed by atoms with Gasteiger partial charge in [-0.05, 0) is 36.6 Å². The van der Waals surface area contributed by atoms with Crippen LogP contribution in [0.25, 0.3) is 5.57 Å². The van der Waals surface area contributed by atoms with E-state index in [-0.39, 0.29) is 0 Å². The van der Waals surface area contributed by atoms with E-state index in [9.17, 15) is 0 Å². The second kappa shape index (κ2) is 3.10. The van der Waals surface area contributed by atoms with E-state index in [1.807, 2.05) is 32.0 Å². The summed E-state index contributed by atoms with van der Waals surface area (Å²) in [5.41, 5.74) is 3.28. The van der Waals surface area contributed by atoms with Crippen LogP contribution >= 0.6 is 11.6 Å². The highest BCUT2D eigenvalue weighted by Gasteiger charge is 2.02. The van der Waals surface area contributed by atoms with Crippen molar-refractivity contribution in [2.45, 2.75) is 13.8 Å². The first kappa shape index (κ1) is 8.35. The Morgan fingerprint density at radius 1 is 1.45 bits per heavy atom. The van der Waals surface area contributed by atoms with Crippen molar-refractivity contribution in [3.05, 3.63) is 40.9 Å². The molecule has 1 aromatic carbocycles. The minimum Gasteiger partial charge on any atom is -0.0955 e. The third-order valence-electron chi connectivity index (χ3n) is 1.65. The Kier molecular flexibility index (Phi) is 2.35. The summed E-state index contributed by atoms with van der Waals surface area (Å²) in [6, 6.07) is 5.87. The largest absolute Gasteiger partial charge is 0.0955 e. The Bertz CT molecular complexity index is 267. The molecule has 0 N–H and O–H groups in total. The Balaban J connectivity index is 3.32. The van der Waals surface area contributed by atoms with Crippen molar-refractivity contribution in [3.8, 4) is 0 Å². The monoisotopic (exact) mass is 166 g/mol. The van der Waals surface area contributed by atoms with Gasteiger partial charge in [-0.25, -0.2) is 0 Å². The number of halogens is 1. The summed E-state index contributed by atoms with van der Waals surface area (Å²) >= 11 is 5.96. The summed E-state index contributed by atoms with van der Waals surface area (Å²) < 4.78 is 0. The molecule has 1 rings (SSSR count). The summed E-state index contributed by atoms with van der Waals surface area (Å²) in [5.74, 6) is 0. The average molecular weight is 167 g/mol. The van der Waals surface area contributed by atoms with Gasteiger partial charge in [-0.1, -0.05) is 30.3 Å². The molecule has 0 amide bonds. The van der Waals surface area contributed by atoms with Crippen LogP contribution < -0.4 is 0 Å². The SMILES string of the molecule is C=C(C)c1c(C)cccc1Cl. The molecule has 0 fully saturated rings. The normalized spacial score (nSPS) is 9.73. The fourth-order valence-corrected chi connectivity index (χ4v) is 1.56. The van der Waals surface area contributed by atoms with Crippen LogP contribution in [0, 0.1) is 6.92 Å². The maximum atomic E-state index is 5.96. The van der Waals surface area contributed by atoms with Crippen LogP contribution in [0.15, 0.2) is 24.8 Å². The number of allylic oxidation sites excluding steroid dienone is 1. The number of aryl methyl sites for hydroxylation is 1. The molecule has 0 unspecified atom stereocenters. The number of hydrogen-bond donors (Lipinski definition) is 0. The first-order chi connectivity index (χ1) is 5.13. The van der Waals surface area contributed by atoms with Crippen LogP contribution in [0.3, 0.4) is 0 Å². The summed E-state index contributed by atoms with van der Waals surface area (Å²) in [4.78, 5) is 0. The van der Waals surface area contributed by atoms with Crippen molar-refractivity contribution in [2.75, 3.05) is 0 Å². The zero-order chi connectivity index (χ0) is 8.43. The third-order valence-corrected chi connectivity index (χ3v) is 1.96. The lowest BCUT2D eigenvalue weighted by Crippen LogP contribution is -1.84. The van der Waals surface area contributed by atoms with Gasteiger partial charge >= 0.3 is 0 Å². The van der Waals surface area contributed by atoms with Gasteiger partial charge in [-0.2, -0.15) is 0 Å². The van der Waals surface area contributed by atoms with Crippen LogP contribution in [0.4, 0.5) is 0 Å². The molecule has 0 aromatic heterocycles. The predicted molar refractivity (Wildman–Crippen MR) is 50.9 cm³/mol. The van der Waals surface area contributed by atoms with Gasteiger partial charge in [0.15, 0.2) is 0 Å². The van der Waals surface area contributed by atoms with E-state index in [0.717, 1.165) is 16.2 Å². The van der Waals surface area contributed by atoms with Crippen LogP contribution in [0.1, 0.15) is 18.1 Å². The Morgan fingerprint density at radius 3 is 2.45 bits per heavy atom. The van der Waals surface area contributed by atoms with Crippen molar-refractivity contribution >= 4 is 17.2 Å². The first-order valence-electron chi connectivity index (χ1n) is 3.54. The van der Waals surface area contributed by atoms with E-state index in [2.05, 4.69) is 6.58 Å². The predicted octanol–water partition coefficient (Wildman–Crippen LogP) is 3.68. The molecular weight excluding hydrogens is 156 g/mol.